The van der Waals surface area contributed by atoms with Gasteiger partial charge in [-0.3, -0.25) is 15.6 Å². The molecule has 8 heteroatoms. The number of hydrogen-bond acceptors (Lipinski definition) is 6. The normalized spacial score (nSPS) is 13.9. The minimum Gasteiger partial charge on any atom is -0.393 e. The van der Waals surface area contributed by atoms with E-state index in [0.717, 1.165) is 25.9 Å². The van der Waals surface area contributed by atoms with Gasteiger partial charge in [0.1, 0.15) is 12.0 Å². The molecule has 0 aliphatic carbocycles. The number of benzene rings is 1. The van der Waals surface area contributed by atoms with Gasteiger partial charge in [-0.25, -0.2) is 9.97 Å². The highest BCUT2D eigenvalue weighted by Gasteiger charge is 2.19. The van der Waals surface area contributed by atoms with Crippen molar-refractivity contribution in [2.45, 2.75) is 12.8 Å². The lowest BCUT2D eigenvalue weighted by atomic mass is 10.2. The van der Waals surface area contributed by atoms with E-state index in [9.17, 15) is 4.79 Å². The van der Waals surface area contributed by atoms with Gasteiger partial charge < -0.3 is 10.6 Å². The number of rotatable bonds is 4. The molecule has 0 bridgehead atoms. The molecule has 1 saturated heterocycles. The van der Waals surface area contributed by atoms with E-state index in [-0.39, 0.29) is 5.91 Å². The summed E-state index contributed by atoms with van der Waals surface area (Å²) in [6.07, 6.45) is 3.67. The molecule has 1 aliphatic rings. The largest absolute Gasteiger partial charge is 0.393 e. The lowest BCUT2D eigenvalue weighted by Crippen LogP contribution is -2.31. The smallest absolute Gasteiger partial charge is 0.271 e. The minimum atomic E-state index is -0.365. The summed E-state index contributed by atoms with van der Waals surface area (Å²) >= 11 is 6.00. The molecule has 0 spiro atoms. The maximum Gasteiger partial charge on any atom is 0.271 e. The topological polar surface area (TPSA) is 96.2 Å². The maximum atomic E-state index is 12.1. The highest BCUT2D eigenvalue weighted by Crippen LogP contribution is 2.28. The summed E-state index contributed by atoms with van der Waals surface area (Å²) in [5, 5.41) is 0.375. The molecule has 4 N–H and O–H groups in total. The Kier molecular flexibility index (Phi) is 4.47. The van der Waals surface area contributed by atoms with Gasteiger partial charge in [0.2, 0.25) is 0 Å². The Bertz CT molecular complexity index is 717. The zero-order chi connectivity index (χ0) is 16.2. The van der Waals surface area contributed by atoms with Crippen LogP contribution in [0, 0.1) is 0 Å². The zero-order valence-corrected chi connectivity index (χ0v) is 13.2. The van der Waals surface area contributed by atoms with E-state index in [0.29, 0.717) is 27.9 Å². The lowest BCUT2D eigenvalue weighted by molar-refractivity contribution is 0.0962. The van der Waals surface area contributed by atoms with Gasteiger partial charge in [-0.15, -0.1) is 0 Å². The standard InChI is InChI=1S/C15H17ClN6O/c16-11-6-2-1-5-10(11)15(23)21-20-13-12(17)14(19-9-18-13)22-7-3-4-8-22/h1-2,5-6,9H,3-4,7-8,17H2,(H,21,23)(H,18,19,20). The van der Waals surface area contributed by atoms with Gasteiger partial charge >= 0.3 is 0 Å². The molecule has 2 aromatic rings. The number of nitrogens with two attached hydrogens (primary N) is 1. The van der Waals surface area contributed by atoms with Gasteiger partial charge in [-0.1, -0.05) is 23.7 Å². The number of nitrogens with one attached hydrogen (secondary N) is 2. The van der Waals surface area contributed by atoms with Crippen molar-refractivity contribution >= 4 is 34.8 Å². The first-order valence-corrected chi connectivity index (χ1v) is 7.71. The van der Waals surface area contributed by atoms with Crippen molar-refractivity contribution in [2.24, 2.45) is 0 Å². The molecule has 0 radical (unpaired) electrons. The summed E-state index contributed by atoms with van der Waals surface area (Å²) in [5.74, 6) is 0.686. The molecule has 7 nitrogen and oxygen atoms in total. The van der Waals surface area contributed by atoms with E-state index in [1.54, 1.807) is 24.3 Å². The number of halogens is 1. The minimum absolute atomic E-state index is 0.363. The molecule has 23 heavy (non-hydrogen) atoms. The molecule has 1 fully saturated rings. The predicted octanol–water partition coefficient (Wildman–Crippen LogP) is 2.07. The van der Waals surface area contributed by atoms with Crippen LogP contribution in [0.1, 0.15) is 23.2 Å². The third-order valence-electron chi connectivity index (χ3n) is 3.68. The lowest BCUT2D eigenvalue weighted by Gasteiger charge is -2.19. The summed E-state index contributed by atoms with van der Waals surface area (Å²) in [4.78, 5) is 22.6. The Morgan fingerprint density at radius 2 is 1.96 bits per heavy atom. The van der Waals surface area contributed by atoms with Gasteiger partial charge in [0.15, 0.2) is 11.6 Å². The number of anilines is 3. The molecule has 120 valence electrons. The SMILES string of the molecule is Nc1c(NNC(=O)c2ccccc2Cl)ncnc1N1CCCC1. The maximum absolute atomic E-state index is 12.1. The van der Waals surface area contributed by atoms with Gasteiger partial charge in [0.05, 0.1) is 10.6 Å². The molecule has 1 aromatic heterocycles. The van der Waals surface area contributed by atoms with Crippen LogP contribution in [-0.2, 0) is 0 Å². The number of carbonyl (C=O) groups is 1. The van der Waals surface area contributed by atoms with E-state index in [1.165, 1.54) is 6.33 Å². The first kappa shape index (κ1) is 15.4. The van der Waals surface area contributed by atoms with Crippen LogP contribution in [0.5, 0.6) is 0 Å². The Morgan fingerprint density at radius 3 is 2.70 bits per heavy atom. The van der Waals surface area contributed by atoms with E-state index in [1.807, 2.05) is 0 Å². The Hall–Kier alpha value is -2.54. The number of nitrogens with zero attached hydrogens (tertiary/aromatic N) is 3. The second-order valence-electron chi connectivity index (χ2n) is 5.21. The fraction of sp³-hybridized carbons (Fsp3) is 0.267. The highest BCUT2D eigenvalue weighted by molar-refractivity contribution is 6.33. The summed E-state index contributed by atoms with van der Waals surface area (Å²) in [6, 6.07) is 6.79. The van der Waals surface area contributed by atoms with E-state index in [4.69, 9.17) is 17.3 Å². The van der Waals surface area contributed by atoms with Crippen molar-refractivity contribution in [1.82, 2.24) is 15.4 Å². The Morgan fingerprint density at radius 1 is 1.22 bits per heavy atom. The van der Waals surface area contributed by atoms with Crippen molar-refractivity contribution in [3.63, 3.8) is 0 Å². The summed E-state index contributed by atoms with van der Waals surface area (Å²) < 4.78 is 0. The Balaban J connectivity index is 1.72. The van der Waals surface area contributed by atoms with Crippen LogP contribution in [0.2, 0.25) is 5.02 Å². The van der Waals surface area contributed by atoms with Crippen molar-refractivity contribution in [1.29, 1.82) is 0 Å². The van der Waals surface area contributed by atoms with Crippen LogP contribution < -0.4 is 21.5 Å². The number of aromatic nitrogens is 2. The van der Waals surface area contributed by atoms with Crippen LogP contribution in [0.15, 0.2) is 30.6 Å². The van der Waals surface area contributed by atoms with Crippen LogP contribution in [-0.4, -0.2) is 29.0 Å². The Labute approximate surface area is 138 Å². The molecular formula is C15H17ClN6O. The summed E-state index contributed by atoms with van der Waals surface area (Å²) in [5.41, 5.74) is 12.2. The van der Waals surface area contributed by atoms with E-state index in [2.05, 4.69) is 25.7 Å². The fourth-order valence-electron chi connectivity index (χ4n) is 2.50. The van der Waals surface area contributed by atoms with Crippen molar-refractivity contribution in [3.05, 3.63) is 41.2 Å². The molecule has 2 heterocycles. The molecule has 0 atom stereocenters. The van der Waals surface area contributed by atoms with Gasteiger partial charge in [0.25, 0.3) is 5.91 Å². The average Bonchev–Trinajstić information content (AvgIpc) is 3.08. The number of hydrazine groups is 1. The molecule has 1 aromatic carbocycles. The zero-order valence-electron chi connectivity index (χ0n) is 12.4. The third-order valence-corrected chi connectivity index (χ3v) is 4.01. The predicted molar refractivity (Wildman–Crippen MR) is 90.4 cm³/mol. The van der Waals surface area contributed by atoms with Crippen LogP contribution in [0.4, 0.5) is 17.3 Å². The van der Waals surface area contributed by atoms with Crippen LogP contribution >= 0.6 is 11.6 Å². The number of amides is 1. The quantitative estimate of drug-likeness (QED) is 0.742. The summed E-state index contributed by atoms with van der Waals surface area (Å²) in [7, 11) is 0. The molecular weight excluding hydrogens is 316 g/mol. The van der Waals surface area contributed by atoms with Gasteiger partial charge in [-0.05, 0) is 25.0 Å². The fourth-order valence-corrected chi connectivity index (χ4v) is 2.72. The average molecular weight is 333 g/mol. The molecule has 1 amide bonds. The molecule has 0 saturated carbocycles. The first-order valence-electron chi connectivity index (χ1n) is 7.33. The van der Waals surface area contributed by atoms with Gasteiger partial charge in [-0.2, -0.15) is 0 Å². The second kappa shape index (κ2) is 6.70. The van der Waals surface area contributed by atoms with E-state index >= 15 is 0 Å². The van der Waals surface area contributed by atoms with Crippen LogP contribution in [0.25, 0.3) is 0 Å². The number of hydrogen-bond donors (Lipinski definition) is 3. The van der Waals surface area contributed by atoms with E-state index < -0.39 is 0 Å². The van der Waals surface area contributed by atoms with Crippen LogP contribution in [0.3, 0.4) is 0 Å². The monoisotopic (exact) mass is 332 g/mol. The number of nitrogen functional groups attached to an aromatic ring is 1. The highest BCUT2D eigenvalue weighted by atomic mass is 35.5. The first-order chi connectivity index (χ1) is 11.2. The number of carbonyl (C=O) groups excluding carboxylic acids is 1. The molecule has 1 aliphatic heterocycles. The van der Waals surface area contributed by atoms with Crippen molar-refractivity contribution in [3.8, 4) is 0 Å². The summed E-state index contributed by atoms with van der Waals surface area (Å²) in [6.45, 7) is 1.85. The van der Waals surface area contributed by atoms with Crippen molar-refractivity contribution in [2.75, 3.05) is 29.1 Å². The molecule has 3 rings (SSSR count). The molecule has 0 unspecified atom stereocenters. The third kappa shape index (κ3) is 3.29. The second-order valence-corrected chi connectivity index (χ2v) is 5.62. The van der Waals surface area contributed by atoms with Crippen molar-refractivity contribution < 1.29 is 4.79 Å². The van der Waals surface area contributed by atoms with Gasteiger partial charge in [0, 0.05) is 13.1 Å².